The third-order valence-electron chi connectivity index (χ3n) is 6.30. The Labute approximate surface area is 243 Å². The number of carbonyl (C=O) groups excluding carboxylic acids is 3. The van der Waals surface area contributed by atoms with Crippen LogP contribution in [0.25, 0.3) is 10.8 Å². The number of rotatable bonds is 14. The van der Waals surface area contributed by atoms with Crippen LogP contribution in [0.3, 0.4) is 0 Å². The van der Waals surface area contributed by atoms with Crippen molar-refractivity contribution in [2.75, 3.05) is 20.0 Å². The first-order valence-electron chi connectivity index (χ1n) is 13.0. The third-order valence-corrected chi connectivity index (χ3v) is 7.28. The number of hydrogen-bond donors (Lipinski definition) is 3. The molecule has 3 aromatic carbocycles. The number of thioether (sulfide) groups is 1. The van der Waals surface area contributed by atoms with Crippen molar-refractivity contribution in [3.63, 3.8) is 0 Å². The number of methoxy groups -OCH3 is 2. The highest BCUT2D eigenvalue weighted by molar-refractivity contribution is 7.99. The van der Waals surface area contributed by atoms with E-state index in [-0.39, 0.29) is 23.8 Å². The predicted octanol–water partition coefficient (Wildman–Crippen LogP) is 4.13. The Morgan fingerprint density at radius 2 is 1.68 bits per heavy atom. The molecule has 3 aromatic rings. The molecule has 0 spiro atoms. The maximum atomic E-state index is 13.2. The highest BCUT2D eigenvalue weighted by Gasteiger charge is 2.27. The van der Waals surface area contributed by atoms with E-state index in [9.17, 15) is 24.3 Å². The molecule has 0 bridgehead atoms. The number of benzene rings is 3. The number of ketones is 1. The summed E-state index contributed by atoms with van der Waals surface area (Å²) < 4.78 is 10.5. The summed E-state index contributed by atoms with van der Waals surface area (Å²) in [7, 11) is 3.00. The van der Waals surface area contributed by atoms with Crippen LogP contribution in [0.1, 0.15) is 25.0 Å². The van der Waals surface area contributed by atoms with E-state index in [4.69, 9.17) is 9.47 Å². The zero-order valence-corrected chi connectivity index (χ0v) is 24.2. The Hall–Kier alpha value is -4.31. The highest BCUT2D eigenvalue weighted by Crippen LogP contribution is 2.25. The van der Waals surface area contributed by atoms with Gasteiger partial charge in [-0.05, 0) is 40.5 Å². The van der Waals surface area contributed by atoms with Gasteiger partial charge in [-0.3, -0.25) is 14.4 Å². The van der Waals surface area contributed by atoms with E-state index in [0.717, 1.165) is 16.3 Å². The number of fused-ring (bicyclic) bond motifs is 1. The highest BCUT2D eigenvalue weighted by atomic mass is 32.2. The van der Waals surface area contributed by atoms with E-state index in [0.29, 0.717) is 28.9 Å². The zero-order valence-electron chi connectivity index (χ0n) is 23.4. The maximum Gasteiger partial charge on any atom is 0.330 e. The Morgan fingerprint density at radius 3 is 2.37 bits per heavy atom. The van der Waals surface area contributed by atoms with Crippen molar-refractivity contribution >= 4 is 46.1 Å². The number of nitrogens with one attached hydrogen (secondary N) is 2. The zero-order chi connectivity index (χ0) is 29.9. The van der Waals surface area contributed by atoms with Gasteiger partial charge in [-0.1, -0.05) is 56.3 Å². The standard InChI is InChI=1S/C31H34N2O7S/c1-19(2)30(33-28(35)15-22-14-23(39-3)12-13-27(22)40-4)31(38)32-25(16-29(36)37)26(34)18-41-17-21-10-7-9-20-8-5-6-11-24(20)21/h5-14,16,19,30H,15,17-18H2,1-4H3,(H,32,38)(H,33,35)(H,36,37)/t30-/m0/s1. The second-order valence-electron chi connectivity index (χ2n) is 9.58. The lowest BCUT2D eigenvalue weighted by molar-refractivity contribution is -0.132. The minimum absolute atomic E-state index is 0.0447. The van der Waals surface area contributed by atoms with Crippen molar-refractivity contribution in [3.8, 4) is 11.5 Å². The van der Waals surface area contributed by atoms with Crippen LogP contribution in [-0.2, 0) is 31.4 Å². The molecule has 0 saturated heterocycles. The van der Waals surface area contributed by atoms with Crippen LogP contribution in [0.15, 0.2) is 72.4 Å². The SMILES string of the molecule is COc1ccc(OC)c(CC(=O)N[C@H](C(=O)NC(=CC(=O)O)C(=O)CSCc2cccc3ccccc23)C(C)C)c1. The topological polar surface area (TPSA) is 131 Å². The first-order chi connectivity index (χ1) is 19.6. The lowest BCUT2D eigenvalue weighted by Gasteiger charge is -2.22. The fraction of sp³-hybridized carbons (Fsp3) is 0.290. The number of allylic oxidation sites excluding steroid dienone is 1. The number of amides is 2. The molecule has 9 nitrogen and oxygen atoms in total. The predicted molar refractivity (Wildman–Crippen MR) is 159 cm³/mol. The van der Waals surface area contributed by atoms with Gasteiger partial charge in [0.1, 0.15) is 17.5 Å². The lowest BCUT2D eigenvalue weighted by atomic mass is 10.0. The molecule has 0 aromatic heterocycles. The molecule has 41 heavy (non-hydrogen) atoms. The van der Waals surface area contributed by atoms with Crippen molar-refractivity contribution in [2.24, 2.45) is 5.92 Å². The van der Waals surface area contributed by atoms with Crippen LogP contribution in [0, 0.1) is 5.92 Å². The molecule has 0 aliphatic rings. The maximum absolute atomic E-state index is 13.2. The number of aliphatic carboxylic acids is 1. The molecule has 0 radical (unpaired) electrons. The average molecular weight is 579 g/mol. The Bertz CT molecular complexity index is 1450. The van der Waals surface area contributed by atoms with Crippen LogP contribution >= 0.6 is 11.8 Å². The van der Waals surface area contributed by atoms with Gasteiger partial charge in [0.15, 0.2) is 5.78 Å². The van der Waals surface area contributed by atoms with Crippen LogP contribution in [0.5, 0.6) is 11.5 Å². The molecule has 3 rings (SSSR count). The molecule has 0 fully saturated rings. The minimum atomic E-state index is -1.37. The average Bonchev–Trinajstić information content (AvgIpc) is 2.95. The van der Waals surface area contributed by atoms with Crippen LogP contribution in [-0.4, -0.2) is 54.7 Å². The molecule has 2 amide bonds. The number of ether oxygens (including phenoxy) is 2. The van der Waals surface area contributed by atoms with Gasteiger partial charge in [0.05, 0.1) is 38.2 Å². The van der Waals surface area contributed by atoms with Crippen molar-refractivity contribution in [1.82, 2.24) is 10.6 Å². The normalized spacial score (nSPS) is 12.1. The molecule has 1 atom stereocenters. The minimum Gasteiger partial charge on any atom is -0.497 e. The molecule has 0 heterocycles. The number of carboxylic acids is 1. The van der Waals surface area contributed by atoms with Gasteiger partial charge in [-0.2, -0.15) is 0 Å². The molecule has 0 saturated carbocycles. The second-order valence-corrected chi connectivity index (χ2v) is 10.6. The van der Waals surface area contributed by atoms with E-state index >= 15 is 0 Å². The van der Waals surface area contributed by atoms with E-state index < -0.39 is 29.6 Å². The molecular weight excluding hydrogens is 544 g/mol. The Morgan fingerprint density at radius 1 is 0.951 bits per heavy atom. The first-order valence-corrected chi connectivity index (χ1v) is 14.1. The third kappa shape index (κ3) is 8.84. The van der Waals surface area contributed by atoms with Crippen LogP contribution < -0.4 is 20.1 Å². The van der Waals surface area contributed by atoms with Gasteiger partial charge >= 0.3 is 5.97 Å². The molecule has 216 valence electrons. The fourth-order valence-corrected chi connectivity index (χ4v) is 5.14. The van der Waals surface area contributed by atoms with Crippen LogP contribution in [0.4, 0.5) is 0 Å². The van der Waals surface area contributed by atoms with E-state index in [2.05, 4.69) is 10.6 Å². The summed E-state index contributed by atoms with van der Waals surface area (Å²) in [6, 6.07) is 17.9. The molecule has 0 unspecified atom stereocenters. The van der Waals surface area contributed by atoms with Gasteiger partial charge in [0.2, 0.25) is 11.8 Å². The quantitative estimate of drug-likeness (QED) is 0.244. The summed E-state index contributed by atoms with van der Waals surface area (Å²) in [4.78, 5) is 50.5. The van der Waals surface area contributed by atoms with Crippen molar-refractivity contribution in [2.45, 2.75) is 32.1 Å². The second kappa shape index (κ2) is 14.9. The Balaban J connectivity index is 1.66. The van der Waals surface area contributed by atoms with Crippen molar-refractivity contribution in [1.29, 1.82) is 0 Å². The summed E-state index contributed by atoms with van der Waals surface area (Å²) in [6.45, 7) is 3.47. The van der Waals surface area contributed by atoms with Gasteiger partial charge in [0, 0.05) is 11.3 Å². The van der Waals surface area contributed by atoms with Gasteiger partial charge in [-0.25, -0.2) is 4.79 Å². The summed E-state index contributed by atoms with van der Waals surface area (Å²) in [5.41, 5.74) is 1.27. The first kappa shape index (κ1) is 31.2. The van der Waals surface area contributed by atoms with Crippen molar-refractivity contribution < 1.29 is 33.8 Å². The number of carboxylic acid groups (broad SMARTS) is 1. The molecule has 10 heteroatoms. The Kier molecular flexibility index (Phi) is 11.3. The summed E-state index contributed by atoms with van der Waals surface area (Å²) in [5.74, 6) is -1.89. The smallest absolute Gasteiger partial charge is 0.330 e. The molecule has 0 aliphatic heterocycles. The molecule has 3 N–H and O–H groups in total. The molecule has 0 aliphatic carbocycles. The van der Waals surface area contributed by atoms with Gasteiger partial charge in [-0.15, -0.1) is 11.8 Å². The number of hydrogen-bond acceptors (Lipinski definition) is 7. The molecular formula is C31H34N2O7S. The summed E-state index contributed by atoms with van der Waals surface area (Å²) in [5, 5.41) is 16.6. The lowest BCUT2D eigenvalue weighted by Crippen LogP contribution is -2.50. The number of carbonyl (C=O) groups is 4. The monoisotopic (exact) mass is 578 g/mol. The fourth-order valence-electron chi connectivity index (χ4n) is 4.22. The summed E-state index contributed by atoms with van der Waals surface area (Å²) in [6.07, 6.45) is 0.595. The van der Waals surface area contributed by atoms with E-state index in [1.165, 1.54) is 26.0 Å². The van der Waals surface area contributed by atoms with E-state index in [1.54, 1.807) is 32.0 Å². The number of Topliss-reactive ketones (excluding diaryl/α,β-unsaturated/α-hetero) is 1. The van der Waals surface area contributed by atoms with Gasteiger partial charge < -0.3 is 25.2 Å². The summed E-state index contributed by atoms with van der Waals surface area (Å²) >= 11 is 1.32. The van der Waals surface area contributed by atoms with Crippen LogP contribution in [0.2, 0.25) is 0 Å². The largest absolute Gasteiger partial charge is 0.497 e. The van der Waals surface area contributed by atoms with Gasteiger partial charge in [0.25, 0.3) is 0 Å². The van der Waals surface area contributed by atoms with Crippen molar-refractivity contribution in [3.05, 3.63) is 83.6 Å². The van der Waals surface area contributed by atoms with E-state index in [1.807, 2.05) is 42.5 Å².